The van der Waals surface area contributed by atoms with Crippen molar-refractivity contribution in [2.24, 2.45) is 0 Å². The number of hydrogen-bond donors (Lipinski definition) is 0. The van der Waals surface area contributed by atoms with E-state index in [1.54, 1.807) is 0 Å². The first-order chi connectivity index (χ1) is 19.8. The lowest BCUT2D eigenvalue weighted by molar-refractivity contribution is 1.34. The van der Waals surface area contributed by atoms with Crippen LogP contribution in [0.15, 0.2) is 140 Å². The van der Waals surface area contributed by atoms with Crippen molar-refractivity contribution in [3.63, 3.8) is 0 Å². The first kappa shape index (κ1) is 23.5. The van der Waals surface area contributed by atoms with Gasteiger partial charge in [0, 0.05) is 27.5 Å². The lowest BCUT2D eigenvalue weighted by atomic mass is 9.90. The standard InChI is InChI=1S/C37H23N3/c38-24-32-34(27-17-9-3-10-18-27)30-22-21-29-31(25-13-5-1-6-14-25)23-33(26-15-7-2-8-16-26)39-36(29)37(30)40-35(32)28-19-11-4-12-20-28/h1-23H. The van der Waals surface area contributed by atoms with Gasteiger partial charge in [-0.2, -0.15) is 5.26 Å². The van der Waals surface area contributed by atoms with Crippen molar-refractivity contribution in [1.82, 2.24) is 9.97 Å². The third-order valence-electron chi connectivity index (χ3n) is 7.31. The molecule has 0 radical (unpaired) electrons. The van der Waals surface area contributed by atoms with Gasteiger partial charge in [-0.05, 0) is 22.8 Å². The molecule has 0 bridgehead atoms. The number of nitriles is 1. The largest absolute Gasteiger partial charge is 0.245 e. The predicted molar refractivity (Wildman–Crippen MR) is 164 cm³/mol. The number of benzene rings is 5. The number of fused-ring (bicyclic) bond motifs is 3. The Morgan fingerprint density at radius 3 is 1.57 bits per heavy atom. The molecule has 0 saturated carbocycles. The van der Waals surface area contributed by atoms with Gasteiger partial charge in [0.1, 0.15) is 6.07 Å². The minimum atomic E-state index is 0.562. The highest BCUT2D eigenvalue weighted by molar-refractivity contribution is 6.14. The second kappa shape index (κ2) is 9.94. The fourth-order valence-electron chi connectivity index (χ4n) is 5.44. The highest BCUT2D eigenvalue weighted by atomic mass is 14.8. The lowest BCUT2D eigenvalue weighted by Gasteiger charge is -2.17. The summed E-state index contributed by atoms with van der Waals surface area (Å²) < 4.78 is 0. The summed E-state index contributed by atoms with van der Waals surface area (Å²) in [7, 11) is 0. The van der Waals surface area contributed by atoms with Gasteiger partial charge in [-0.15, -0.1) is 0 Å². The zero-order chi connectivity index (χ0) is 26.9. The summed E-state index contributed by atoms with van der Waals surface area (Å²) in [6, 6.07) is 49.6. The summed E-state index contributed by atoms with van der Waals surface area (Å²) in [6.45, 7) is 0. The molecule has 40 heavy (non-hydrogen) atoms. The van der Waals surface area contributed by atoms with Crippen molar-refractivity contribution in [3.05, 3.63) is 145 Å². The number of rotatable bonds is 4. The van der Waals surface area contributed by atoms with Crippen LogP contribution in [0.4, 0.5) is 0 Å². The average molecular weight is 510 g/mol. The Morgan fingerprint density at radius 1 is 0.475 bits per heavy atom. The summed E-state index contributed by atoms with van der Waals surface area (Å²) >= 11 is 0. The quantitative estimate of drug-likeness (QED) is 0.222. The van der Waals surface area contributed by atoms with Crippen molar-refractivity contribution < 1.29 is 0 Å². The molecule has 2 heterocycles. The maximum Gasteiger partial charge on any atom is 0.102 e. The Labute approximate surface area is 232 Å². The molecule has 5 aromatic carbocycles. The van der Waals surface area contributed by atoms with Gasteiger partial charge in [-0.3, -0.25) is 0 Å². The van der Waals surface area contributed by atoms with Crippen LogP contribution in [-0.2, 0) is 0 Å². The second-order valence-corrected chi connectivity index (χ2v) is 9.70. The van der Waals surface area contributed by atoms with Gasteiger partial charge in [0.25, 0.3) is 0 Å². The zero-order valence-corrected chi connectivity index (χ0v) is 21.6. The van der Waals surface area contributed by atoms with Gasteiger partial charge < -0.3 is 0 Å². The van der Waals surface area contributed by atoms with Crippen molar-refractivity contribution in [2.45, 2.75) is 0 Å². The Bertz CT molecular complexity index is 2030. The highest BCUT2D eigenvalue weighted by Gasteiger charge is 2.21. The molecule has 3 heteroatoms. The number of pyridine rings is 2. The Kier molecular flexibility index (Phi) is 5.85. The summed E-state index contributed by atoms with van der Waals surface area (Å²) in [5.41, 5.74) is 9.71. The van der Waals surface area contributed by atoms with E-state index in [0.29, 0.717) is 11.3 Å². The summed E-state index contributed by atoms with van der Waals surface area (Å²) in [5, 5.41) is 12.4. The molecule has 0 saturated heterocycles. The molecule has 0 spiro atoms. The fourth-order valence-corrected chi connectivity index (χ4v) is 5.44. The smallest absolute Gasteiger partial charge is 0.102 e. The molecule has 2 aromatic heterocycles. The van der Waals surface area contributed by atoms with E-state index in [1.165, 1.54) is 0 Å². The van der Waals surface area contributed by atoms with Crippen molar-refractivity contribution >= 4 is 21.8 Å². The molecule has 3 nitrogen and oxygen atoms in total. The van der Waals surface area contributed by atoms with E-state index in [4.69, 9.17) is 9.97 Å². The van der Waals surface area contributed by atoms with Crippen molar-refractivity contribution in [1.29, 1.82) is 5.26 Å². The third-order valence-corrected chi connectivity index (χ3v) is 7.31. The van der Waals surface area contributed by atoms with E-state index in [1.807, 2.05) is 72.8 Å². The molecule has 0 aliphatic heterocycles. The predicted octanol–water partition coefficient (Wildman–Crippen LogP) is 9.32. The van der Waals surface area contributed by atoms with Crippen LogP contribution in [0.1, 0.15) is 5.56 Å². The van der Waals surface area contributed by atoms with Gasteiger partial charge in [-0.1, -0.05) is 133 Å². The molecule has 0 atom stereocenters. The van der Waals surface area contributed by atoms with Gasteiger partial charge in [0.05, 0.1) is 28.0 Å². The van der Waals surface area contributed by atoms with Gasteiger partial charge in [-0.25, -0.2) is 9.97 Å². The summed E-state index contributed by atoms with van der Waals surface area (Å²) in [4.78, 5) is 10.5. The van der Waals surface area contributed by atoms with Crippen LogP contribution in [-0.4, -0.2) is 9.97 Å². The van der Waals surface area contributed by atoms with Crippen LogP contribution in [0, 0.1) is 11.3 Å². The lowest BCUT2D eigenvalue weighted by Crippen LogP contribution is -1.99. The molecule has 0 N–H and O–H groups in total. The van der Waals surface area contributed by atoms with Crippen LogP contribution in [0.5, 0.6) is 0 Å². The Morgan fingerprint density at radius 2 is 0.975 bits per heavy atom. The molecule has 7 aromatic rings. The van der Waals surface area contributed by atoms with Gasteiger partial charge in [0.2, 0.25) is 0 Å². The topological polar surface area (TPSA) is 49.6 Å². The van der Waals surface area contributed by atoms with Crippen LogP contribution >= 0.6 is 0 Å². The summed E-state index contributed by atoms with van der Waals surface area (Å²) in [6.07, 6.45) is 0. The van der Waals surface area contributed by atoms with E-state index < -0.39 is 0 Å². The fraction of sp³-hybridized carbons (Fsp3) is 0. The molecule has 7 rings (SSSR count). The van der Waals surface area contributed by atoms with E-state index in [0.717, 1.165) is 60.9 Å². The molecular formula is C37H23N3. The average Bonchev–Trinajstić information content (AvgIpc) is 3.04. The van der Waals surface area contributed by atoms with E-state index in [-0.39, 0.29) is 0 Å². The Hall–Kier alpha value is -5.59. The monoisotopic (exact) mass is 509 g/mol. The number of hydrogen-bond acceptors (Lipinski definition) is 3. The summed E-state index contributed by atoms with van der Waals surface area (Å²) in [5.74, 6) is 0. The second-order valence-electron chi connectivity index (χ2n) is 9.70. The molecular weight excluding hydrogens is 486 g/mol. The highest BCUT2D eigenvalue weighted by Crippen LogP contribution is 2.41. The molecule has 0 aliphatic carbocycles. The Balaban J connectivity index is 1.67. The van der Waals surface area contributed by atoms with E-state index in [9.17, 15) is 5.26 Å². The van der Waals surface area contributed by atoms with Crippen LogP contribution in [0.3, 0.4) is 0 Å². The molecule has 0 amide bonds. The minimum absolute atomic E-state index is 0.562. The van der Waals surface area contributed by atoms with Gasteiger partial charge in [0.15, 0.2) is 0 Å². The van der Waals surface area contributed by atoms with Crippen molar-refractivity contribution in [2.75, 3.05) is 0 Å². The van der Waals surface area contributed by atoms with Crippen LogP contribution in [0.25, 0.3) is 66.6 Å². The zero-order valence-electron chi connectivity index (χ0n) is 21.6. The molecule has 0 aliphatic rings. The van der Waals surface area contributed by atoms with E-state index in [2.05, 4.69) is 72.8 Å². The minimum Gasteiger partial charge on any atom is -0.245 e. The number of aromatic nitrogens is 2. The normalized spacial score (nSPS) is 11.0. The van der Waals surface area contributed by atoms with Crippen LogP contribution in [0.2, 0.25) is 0 Å². The van der Waals surface area contributed by atoms with Crippen molar-refractivity contribution in [3.8, 4) is 50.8 Å². The maximum atomic E-state index is 10.5. The maximum absolute atomic E-state index is 10.5. The molecule has 0 unspecified atom stereocenters. The SMILES string of the molecule is N#Cc1c(-c2ccccc2)nc2c(ccc3c(-c4ccccc4)cc(-c4ccccc4)nc32)c1-c1ccccc1. The van der Waals surface area contributed by atoms with Crippen LogP contribution < -0.4 is 0 Å². The number of nitrogens with zero attached hydrogens (tertiary/aromatic N) is 3. The first-order valence-corrected chi connectivity index (χ1v) is 13.2. The van der Waals surface area contributed by atoms with Gasteiger partial charge >= 0.3 is 0 Å². The first-order valence-electron chi connectivity index (χ1n) is 13.2. The molecule has 186 valence electrons. The molecule has 0 fully saturated rings. The van der Waals surface area contributed by atoms with E-state index >= 15 is 0 Å². The third kappa shape index (κ3) is 4.00.